The second kappa shape index (κ2) is 8.91. The number of amides is 2. The van der Waals surface area contributed by atoms with Crippen LogP contribution in [0.1, 0.15) is 31.1 Å². The highest BCUT2D eigenvalue weighted by Gasteiger charge is 2.17. The molecular weight excluding hydrogens is 324 g/mol. The number of para-hydroxylation sites is 2. The number of urea groups is 1. The zero-order valence-corrected chi connectivity index (χ0v) is 15.0. The lowest BCUT2D eigenvalue weighted by atomic mass is 10.3. The summed E-state index contributed by atoms with van der Waals surface area (Å²) in [5.41, 5.74) is 0. The van der Waals surface area contributed by atoms with Crippen molar-refractivity contribution in [2.75, 3.05) is 27.3 Å². The minimum absolute atomic E-state index is 0.208. The normalized spacial score (nSPS) is 11.7. The predicted molar refractivity (Wildman–Crippen MR) is 91.7 cm³/mol. The lowest BCUT2D eigenvalue weighted by Crippen LogP contribution is -2.39. The molecule has 136 valence electrons. The Bertz CT molecular complexity index is 689. The number of hydrogen-bond acceptors (Lipinski definition) is 6. The fraction of sp³-hybridized carbons (Fsp3) is 0.471. The summed E-state index contributed by atoms with van der Waals surface area (Å²) < 4.78 is 16.0. The van der Waals surface area contributed by atoms with Gasteiger partial charge in [0.2, 0.25) is 5.89 Å². The van der Waals surface area contributed by atoms with Gasteiger partial charge in [0, 0.05) is 13.6 Å². The first-order chi connectivity index (χ1) is 12.0. The van der Waals surface area contributed by atoms with Crippen molar-refractivity contribution in [3.63, 3.8) is 0 Å². The smallest absolute Gasteiger partial charge is 0.317 e. The topological polar surface area (TPSA) is 89.7 Å². The summed E-state index contributed by atoms with van der Waals surface area (Å²) in [4.78, 5) is 17.9. The van der Waals surface area contributed by atoms with E-state index in [9.17, 15) is 4.79 Å². The number of carbonyl (C=O) groups is 1. The highest BCUT2D eigenvalue weighted by atomic mass is 16.5. The van der Waals surface area contributed by atoms with Crippen LogP contribution in [0.5, 0.6) is 11.5 Å². The predicted octanol–water partition coefficient (Wildman–Crippen LogP) is 2.56. The number of carbonyl (C=O) groups excluding carboxylic acids is 1. The molecule has 0 radical (unpaired) electrons. The third-order valence-corrected chi connectivity index (χ3v) is 3.56. The largest absolute Gasteiger partial charge is 0.493 e. The lowest BCUT2D eigenvalue weighted by molar-refractivity contribution is 0.196. The van der Waals surface area contributed by atoms with Gasteiger partial charge in [0.25, 0.3) is 0 Å². The molecule has 2 amide bonds. The summed E-state index contributed by atoms with van der Waals surface area (Å²) in [6.45, 7) is 4.56. The van der Waals surface area contributed by atoms with Crippen molar-refractivity contribution in [2.45, 2.75) is 26.3 Å². The Morgan fingerprint density at radius 1 is 1.36 bits per heavy atom. The van der Waals surface area contributed by atoms with Gasteiger partial charge < -0.3 is 24.2 Å². The molecule has 0 aliphatic heterocycles. The molecule has 25 heavy (non-hydrogen) atoms. The fourth-order valence-corrected chi connectivity index (χ4v) is 2.17. The molecule has 0 bridgehead atoms. The van der Waals surface area contributed by atoms with Crippen molar-refractivity contribution in [2.24, 2.45) is 0 Å². The molecule has 1 atom stereocenters. The number of rotatable bonds is 8. The Morgan fingerprint density at radius 3 is 2.72 bits per heavy atom. The second-order valence-corrected chi connectivity index (χ2v) is 5.63. The number of benzene rings is 1. The minimum Gasteiger partial charge on any atom is -0.493 e. The molecule has 1 heterocycles. The monoisotopic (exact) mass is 348 g/mol. The van der Waals surface area contributed by atoms with E-state index in [1.165, 1.54) is 0 Å². The van der Waals surface area contributed by atoms with Gasteiger partial charge in [-0.25, -0.2) is 4.79 Å². The number of ether oxygens (including phenoxy) is 2. The Morgan fingerprint density at radius 2 is 2.08 bits per heavy atom. The standard InChI is InChI=1S/C17H24N4O4/c1-12(16-19-13(2)20-25-16)18-17(22)21(3)10-7-11-24-15-9-6-5-8-14(15)23-4/h5-6,8-9,12H,7,10-11H2,1-4H3,(H,18,22)/t12-/m0/s1. The van der Waals surface area contributed by atoms with Gasteiger partial charge in [0.15, 0.2) is 17.3 Å². The van der Waals surface area contributed by atoms with E-state index in [4.69, 9.17) is 14.0 Å². The molecule has 8 heteroatoms. The second-order valence-electron chi connectivity index (χ2n) is 5.63. The molecule has 0 aliphatic rings. The van der Waals surface area contributed by atoms with Gasteiger partial charge in [0.05, 0.1) is 13.7 Å². The maximum Gasteiger partial charge on any atom is 0.317 e. The molecule has 0 unspecified atom stereocenters. The van der Waals surface area contributed by atoms with Crippen molar-refractivity contribution in [1.29, 1.82) is 0 Å². The van der Waals surface area contributed by atoms with E-state index in [0.29, 0.717) is 42.8 Å². The average Bonchev–Trinajstić information content (AvgIpc) is 3.05. The van der Waals surface area contributed by atoms with Crippen LogP contribution in [0, 0.1) is 6.92 Å². The summed E-state index contributed by atoms with van der Waals surface area (Å²) >= 11 is 0. The van der Waals surface area contributed by atoms with E-state index in [0.717, 1.165) is 0 Å². The number of methoxy groups -OCH3 is 1. The van der Waals surface area contributed by atoms with Crippen LogP contribution < -0.4 is 14.8 Å². The number of nitrogens with one attached hydrogen (secondary N) is 1. The van der Waals surface area contributed by atoms with Gasteiger partial charge in [-0.2, -0.15) is 4.98 Å². The molecule has 0 spiro atoms. The molecule has 2 rings (SSSR count). The summed E-state index contributed by atoms with van der Waals surface area (Å²) in [5, 5.41) is 6.53. The number of aryl methyl sites for hydroxylation is 1. The Labute approximate surface area is 147 Å². The van der Waals surface area contributed by atoms with Crippen LogP contribution in [0.25, 0.3) is 0 Å². The van der Waals surface area contributed by atoms with Crippen molar-refractivity contribution in [1.82, 2.24) is 20.4 Å². The molecule has 8 nitrogen and oxygen atoms in total. The Hall–Kier alpha value is -2.77. The molecule has 0 aliphatic carbocycles. The van der Waals surface area contributed by atoms with E-state index in [-0.39, 0.29) is 12.1 Å². The van der Waals surface area contributed by atoms with Gasteiger partial charge in [0.1, 0.15) is 6.04 Å². The molecule has 1 aromatic carbocycles. The van der Waals surface area contributed by atoms with Gasteiger partial charge in [-0.05, 0) is 32.4 Å². The number of hydrogen-bond donors (Lipinski definition) is 1. The van der Waals surface area contributed by atoms with Crippen LogP contribution in [-0.4, -0.2) is 48.4 Å². The van der Waals surface area contributed by atoms with Gasteiger partial charge in [-0.1, -0.05) is 17.3 Å². The van der Waals surface area contributed by atoms with Crippen LogP contribution in [0.2, 0.25) is 0 Å². The van der Waals surface area contributed by atoms with Crippen LogP contribution in [0.15, 0.2) is 28.8 Å². The fourth-order valence-electron chi connectivity index (χ4n) is 2.17. The highest BCUT2D eigenvalue weighted by Crippen LogP contribution is 2.25. The molecule has 1 N–H and O–H groups in total. The summed E-state index contributed by atoms with van der Waals surface area (Å²) in [7, 11) is 3.33. The molecular formula is C17H24N4O4. The van der Waals surface area contributed by atoms with E-state index >= 15 is 0 Å². The minimum atomic E-state index is -0.346. The maximum atomic E-state index is 12.2. The van der Waals surface area contributed by atoms with E-state index < -0.39 is 0 Å². The van der Waals surface area contributed by atoms with Crippen molar-refractivity contribution < 1.29 is 18.8 Å². The lowest BCUT2D eigenvalue weighted by Gasteiger charge is -2.20. The van der Waals surface area contributed by atoms with E-state index in [1.807, 2.05) is 24.3 Å². The van der Waals surface area contributed by atoms with Crippen LogP contribution in [0.3, 0.4) is 0 Å². The average molecular weight is 348 g/mol. The third-order valence-electron chi connectivity index (χ3n) is 3.56. The molecule has 0 fully saturated rings. The number of aromatic nitrogens is 2. The zero-order chi connectivity index (χ0) is 18.2. The maximum absolute atomic E-state index is 12.2. The Kier molecular flexibility index (Phi) is 6.62. The SMILES string of the molecule is COc1ccccc1OCCCN(C)C(=O)N[C@@H](C)c1nc(C)no1. The molecule has 2 aromatic rings. The quantitative estimate of drug-likeness (QED) is 0.738. The van der Waals surface area contributed by atoms with Crippen LogP contribution in [-0.2, 0) is 0 Å². The summed E-state index contributed by atoms with van der Waals surface area (Å²) in [6, 6.07) is 6.91. The highest BCUT2D eigenvalue weighted by molar-refractivity contribution is 5.74. The Balaban J connectivity index is 1.72. The van der Waals surface area contributed by atoms with Crippen molar-refractivity contribution >= 4 is 6.03 Å². The van der Waals surface area contributed by atoms with Crippen LogP contribution >= 0.6 is 0 Å². The first-order valence-electron chi connectivity index (χ1n) is 8.09. The summed E-state index contributed by atoms with van der Waals surface area (Å²) in [5.74, 6) is 2.31. The van der Waals surface area contributed by atoms with Gasteiger partial charge in [-0.3, -0.25) is 0 Å². The zero-order valence-electron chi connectivity index (χ0n) is 15.0. The van der Waals surface area contributed by atoms with Gasteiger partial charge >= 0.3 is 6.03 Å². The van der Waals surface area contributed by atoms with Crippen LogP contribution in [0.4, 0.5) is 4.79 Å². The summed E-state index contributed by atoms with van der Waals surface area (Å²) in [6.07, 6.45) is 0.690. The van der Waals surface area contributed by atoms with Gasteiger partial charge in [-0.15, -0.1) is 0 Å². The first-order valence-corrected chi connectivity index (χ1v) is 8.09. The van der Waals surface area contributed by atoms with Crippen molar-refractivity contribution in [3.05, 3.63) is 36.0 Å². The molecule has 1 aromatic heterocycles. The molecule has 0 saturated heterocycles. The van der Waals surface area contributed by atoms with Crippen molar-refractivity contribution in [3.8, 4) is 11.5 Å². The number of nitrogens with zero attached hydrogens (tertiary/aromatic N) is 3. The van der Waals surface area contributed by atoms with E-state index in [1.54, 1.807) is 32.9 Å². The third kappa shape index (κ3) is 5.37. The molecule has 0 saturated carbocycles. The first kappa shape index (κ1) is 18.6. The van der Waals surface area contributed by atoms with E-state index in [2.05, 4.69) is 15.5 Å².